The van der Waals surface area contributed by atoms with Crippen LogP contribution in [0.3, 0.4) is 0 Å². The van der Waals surface area contributed by atoms with Gasteiger partial charge in [0.1, 0.15) is 11.6 Å². The molecule has 0 aliphatic rings. The van der Waals surface area contributed by atoms with Gasteiger partial charge in [-0.1, -0.05) is 0 Å². The van der Waals surface area contributed by atoms with Gasteiger partial charge in [-0.05, 0) is 24.6 Å². The zero-order valence-electron chi connectivity index (χ0n) is 8.95. The normalized spacial score (nSPS) is 12.1. The molecule has 1 rings (SSSR count). The molecule has 0 aromatic heterocycles. The number of rotatable bonds is 5. The van der Waals surface area contributed by atoms with E-state index in [2.05, 4.69) is 0 Å². The van der Waals surface area contributed by atoms with Gasteiger partial charge in [-0.3, -0.25) is 9.59 Å². The second-order valence-electron chi connectivity index (χ2n) is 3.63. The molecule has 0 saturated heterocycles. The topological polar surface area (TPSA) is 86.2 Å². The summed E-state index contributed by atoms with van der Waals surface area (Å²) in [4.78, 5) is 21.8. The second-order valence-corrected chi connectivity index (χ2v) is 3.63. The molecule has 92 valence electrons. The van der Waals surface area contributed by atoms with Gasteiger partial charge in [0.15, 0.2) is 0 Å². The fraction of sp³-hybridized carbons (Fsp3) is 0.273. The van der Waals surface area contributed by atoms with E-state index in [1.54, 1.807) is 0 Å². The maximum absolute atomic E-state index is 13.4. The SMILES string of the molecule is NC(=O)CCC(C(N)=O)c1cc(F)ccc1F. The minimum absolute atomic E-state index is 0.0367. The largest absolute Gasteiger partial charge is 0.370 e. The number of halogens is 2. The molecule has 0 aliphatic carbocycles. The molecule has 1 unspecified atom stereocenters. The van der Waals surface area contributed by atoms with Crippen LogP contribution < -0.4 is 11.5 Å². The van der Waals surface area contributed by atoms with Gasteiger partial charge in [0, 0.05) is 12.0 Å². The monoisotopic (exact) mass is 242 g/mol. The van der Waals surface area contributed by atoms with Gasteiger partial charge in [-0.2, -0.15) is 0 Å². The zero-order valence-corrected chi connectivity index (χ0v) is 8.95. The summed E-state index contributed by atoms with van der Waals surface area (Å²) in [6, 6.07) is 2.74. The van der Waals surface area contributed by atoms with Crippen molar-refractivity contribution < 1.29 is 18.4 Å². The molecule has 0 spiro atoms. The Kier molecular flexibility index (Phi) is 4.14. The molecule has 6 heteroatoms. The van der Waals surface area contributed by atoms with E-state index in [1.165, 1.54) is 0 Å². The fourth-order valence-corrected chi connectivity index (χ4v) is 1.52. The Labute approximate surface area is 96.6 Å². The lowest BCUT2D eigenvalue weighted by molar-refractivity contribution is -0.120. The van der Waals surface area contributed by atoms with Crippen LogP contribution in [0.25, 0.3) is 0 Å². The molecule has 4 nitrogen and oxygen atoms in total. The van der Waals surface area contributed by atoms with Crippen molar-refractivity contribution in [1.29, 1.82) is 0 Å². The van der Waals surface area contributed by atoms with Crippen LogP contribution >= 0.6 is 0 Å². The van der Waals surface area contributed by atoms with E-state index in [-0.39, 0.29) is 18.4 Å². The average Bonchev–Trinajstić information content (AvgIpc) is 2.22. The maximum Gasteiger partial charge on any atom is 0.225 e. The van der Waals surface area contributed by atoms with Gasteiger partial charge < -0.3 is 11.5 Å². The highest BCUT2D eigenvalue weighted by atomic mass is 19.1. The van der Waals surface area contributed by atoms with Crippen LogP contribution in [-0.4, -0.2) is 11.8 Å². The minimum Gasteiger partial charge on any atom is -0.370 e. The van der Waals surface area contributed by atoms with E-state index < -0.39 is 29.4 Å². The number of benzene rings is 1. The lowest BCUT2D eigenvalue weighted by Gasteiger charge is -2.13. The van der Waals surface area contributed by atoms with Crippen molar-refractivity contribution in [2.75, 3.05) is 0 Å². The smallest absolute Gasteiger partial charge is 0.225 e. The summed E-state index contributed by atoms with van der Waals surface area (Å²) in [6.07, 6.45) is -0.158. The summed E-state index contributed by atoms with van der Waals surface area (Å²) in [7, 11) is 0. The van der Waals surface area contributed by atoms with Crippen molar-refractivity contribution in [2.45, 2.75) is 18.8 Å². The molecular formula is C11H12F2N2O2. The van der Waals surface area contributed by atoms with E-state index >= 15 is 0 Å². The molecule has 0 aliphatic heterocycles. The van der Waals surface area contributed by atoms with Gasteiger partial charge in [0.25, 0.3) is 0 Å². The predicted molar refractivity (Wildman–Crippen MR) is 56.7 cm³/mol. The van der Waals surface area contributed by atoms with Gasteiger partial charge >= 0.3 is 0 Å². The Hall–Kier alpha value is -1.98. The summed E-state index contributed by atoms with van der Waals surface area (Å²) in [5.41, 5.74) is 9.87. The molecular weight excluding hydrogens is 230 g/mol. The molecule has 1 aromatic rings. The third-order valence-corrected chi connectivity index (χ3v) is 2.36. The van der Waals surface area contributed by atoms with Crippen LogP contribution in [0.5, 0.6) is 0 Å². The van der Waals surface area contributed by atoms with Crippen LogP contribution in [0.1, 0.15) is 24.3 Å². The first kappa shape index (κ1) is 13.1. The van der Waals surface area contributed by atoms with E-state index in [1.807, 2.05) is 0 Å². The molecule has 0 heterocycles. The van der Waals surface area contributed by atoms with Crippen molar-refractivity contribution in [3.8, 4) is 0 Å². The van der Waals surface area contributed by atoms with Gasteiger partial charge in [-0.15, -0.1) is 0 Å². The summed E-state index contributed by atoms with van der Waals surface area (Å²) in [6.45, 7) is 0. The molecule has 0 bridgehead atoms. The summed E-state index contributed by atoms with van der Waals surface area (Å²) in [5, 5.41) is 0. The second kappa shape index (κ2) is 5.38. The van der Waals surface area contributed by atoms with E-state index in [0.717, 1.165) is 18.2 Å². The van der Waals surface area contributed by atoms with E-state index in [0.29, 0.717) is 0 Å². The first-order valence-electron chi connectivity index (χ1n) is 4.94. The highest BCUT2D eigenvalue weighted by Crippen LogP contribution is 2.24. The number of primary amides is 2. The summed E-state index contributed by atoms with van der Waals surface area (Å²) in [5.74, 6) is -3.92. The van der Waals surface area contributed by atoms with Crippen molar-refractivity contribution in [1.82, 2.24) is 0 Å². The molecule has 0 saturated carbocycles. The lowest BCUT2D eigenvalue weighted by Crippen LogP contribution is -2.24. The van der Waals surface area contributed by atoms with E-state index in [9.17, 15) is 18.4 Å². The molecule has 1 atom stereocenters. The Balaban J connectivity index is 3.00. The van der Waals surface area contributed by atoms with Crippen LogP contribution in [0, 0.1) is 11.6 Å². The summed E-state index contributed by atoms with van der Waals surface area (Å²) >= 11 is 0. The number of hydrogen-bond acceptors (Lipinski definition) is 2. The summed E-state index contributed by atoms with van der Waals surface area (Å²) < 4.78 is 26.4. The Bertz CT molecular complexity index is 449. The molecule has 4 N–H and O–H groups in total. The van der Waals surface area contributed by atoms with Gasteiger partial charge in [0.05, 0.1) is 5.92 Å². The molecule has 0 fully saturated rings. The van der Waals surface area contributed by atoms with E-state index in [4.69, 9.17) is 11.5 Å². The third kappa shape index (κ3) is 3.51. The van der Waals surface area contributed by atoms with Crippen molar-refractivity contribution in [3.05, 3.63) is 35.4 Å². The minimum atomic E-state index is -1.06. The Morgan fingerprint density at radius 2 is 1.88 bits per heavy atom. The van der Waals surface area contributed by atoms with Crippen molar-refractivity contribution >= 4 is 11.8 Å². The van der Waals surface area contributed by atoms with Crippen molar-refractivity contribution in [2.24, 2.45) is 11.5 Å². The van der Waals surface area contributed by atoms with Crippen molar-refractivity contribution in [3.63, 3.8) is 0 Å². The molecule has 17 heavy (non-hydrogen) atoms. The number of amides is 2. The highest BCUT2D eigenvalue weighted by Gasteiger charge is 2.22. The first-order chi connectivity index (χ1) is 7.91. The third-order valence-electron chi connectivity index (χ3n) is 2.36. The first-order valence-corrected chi connectivity index (χ1v) is 4.94. The molecule has 2 amide bonds. The number of carbonyl (C=O) groups is 2. The maximum atomic E-state index is 13.4. The quantitative estimate of drug-likeness (QED) is 0.800. The number of carbonyl (C=O) groups excluding carboxylic acids is 2. The van der Waals surface area contributed by atoms with Crippen LogP contribution in [0.4, 0.5) is 8.78 Å². The molecule has 0 radical (unpaired) electrons. The lowest BCUT2D eigenvalue weighted by atomic mass is 9.93. The standard InChI is InChI=1S/C11H12F2N2O2/c12-6-1-3-9(13)8(5-6)7(11(15)17)2-4-10(14)16/h1,3,5,7H,2,4H2,(H2,14,16)(H2,15,17). The molecule has 1 aromatic carbocycles. The van der Waals surface area contributed by atoms with Crippen LogP contribution in [0.2, 0.25) is 0 Å². The Morgan fingerprint density at radius 3 is 2.41 bits per heavy atom. The van der Waals surface area contributed by atoms with Crippen LogP contribution in [0.15, 0.2) is 18.2 Å². The Morgan fingerprint density at radius 1 is 1.24 bits per heavy atom. The van der Waals surface area contributed by atoms with Crippen LogP contribution in [-0.2, 0) is 9.59 Å². The number of hydrogen-bond donors (Lipinski definition) is 2. The van der Waals surface area contributed by atoms with Gasteiger partial charge in [0.2, 0.25) is 11.8 Å². The number of nitrogens with two attached hydrogens (primary N) is 2. The zero-order chi connectivity index (χ0) is 13.0. The predicted octanol–water partition coefficient (Wildman–Crippen LogP) is 0.799. The van der Waals surface area contributed by atoms with Gasteiger partial charge in [-0.25, -0.2) is 8.78 Å². The fourth-order valence-electron chi connectivity index (χ4n) is 1.52. The average molecular weight is 242 g/mol. The highest BCUT2D eigenvalue weighted by molar-refractivity contribution is 5.83.